The number of aromatic amines is 2. The monoisotopic (exact) mass is 416 g/mol. The number of aromatic hydroxyl groups is 1. The van der Waals surface area contributed by atoms with Gasteiger partial charge in [-0.1, -0.05) is 18.2 Å². The Labute approximate surface area is 184 Å². The van der Waals surface area contributed by atoms with Gasteiger partial charge in [0.15, 0.2) is 0 Å². The number of rotatable bonds is 2. The fourth-order valence-electron chi connectivity index (χ4n) is 4.09. The average molecular weight is 416 g/mol. The highest BCUT2D eigenvalue weighted by atomic mass is 16.3. The summed E-state index contributed by atoms with van der Waals surface area (Å²) in [4.78, 5) is 16.3. The van der Waals surface area contributed by atoms with Crippen LogP contribution < -0.4 is 0 Å². The molecule has 2 aliphatic heterocycles. The van der Waals surface area contributed by atoms with E-state index in [2.05, 4.69) is 33.2 Å². The van der Waals surface area contributed by atoms with Gasteiger partial charge >= 0.3 is 0 Å². The van der Waals surface area contributed by atoms with E-state index in [-0.39, 0.29) is 0 Å². The van der Waals surface area contributed by atoms with E-state index in [4.69, 9.17) is 4.98 Å². The van der Waals surface area contributed by atoms with Gasteiger partial charge in [0.1, 0.15) is 5.75 Å². The van der Waals surface area contributed by atoms with Crippen molar-refractivity contribution in [3.8, 4) is 5.75 Å². The highest BCUT2D eigenvalue weighted by molar-refractivity contribution is 5.78. The topological polar surface area (TPSA) is 77.6 Å². The number of para-hydroxylation sites is 1. The number of phenols is 1. The summed E-state index contributed by atoms with van der Waals surface area (Å²) < 4.78 is 0. The third-order valence-electron chi connectivity index (χ3n) is 5.63. The molecule has 32 heavy (non-hydrogen) atoms. The number of nitrogens with zero attached hydrogens (tertiary/aromatic N) is 2. The second-order valence-electron chi connectivity index (χ2n) is 8.01. The highest BCUT2D eigenvalue weighted by Crippen LogP contribution is 2.24. The number of phenolic OH excluding ortho intramolecular Hbond substituents is 1. The fourth-order valence-corrected chi connectivity index (χ4v) is 4.09. The lowest BCUT2D eigenvalue weighted by Crippen LogP contribution is -1.87. The van der Waals surface area contributed by atoms with Gasteiger partial charge in [0.05, 0.1) is 22.8 Å². The van der Waals surface area contributed by atoms with Crippen LogP contribution in [0.4, 0.5) is 0 Å². The SMILES string of the molecule is Oc1ccccc1Cc1cc2cc3ccc(cc4nc(cc5nc(cc1[nH]2)C=C5)C=C4)[nH]3. The molecular weight excluding hydrogens is 396 g/mol. The summed E-state index contributed by atoms with van der Waals surface area (Å²) in [6.07, 6.45) is 8.62. The second kappa shape index (κ2) is 7.39. The molecule has 4 aromatic rings. The van der Waals surface area contributed by atoms with Crippen molar-refractivity contribution in [3.05, 3.63) is 101 Å². The molecule has 0 spiro atoms. The molecule has 2 aliphatic rings. The zero-order valence-electron chi connectivity index (χ0n) is 17.2. The minimum atomic E-state index is 0.304. The molecule has 6 rings (SSSR count). The normalized spacial score (nSPS) is 12.4. The van der Waals surface area contributed by atoms with Crippen molar-refractivity contribution in [2.24, 2.45) is 0 Å². The number of H-pyrrole nitrogens is 2. The molecule has 5 nitrogen and oxygen atoms in total. The number of aromatic nitrogens is 4. The molecule has 0 amide bonds. The molecule has 1 aromatic carbocycles. The predicted octanol–water partition coefficient (Wildman–Crippen LogP) is 5.95. The molecule has 5 heteroatoms. The van der Waals surface area contributed by atoms with Crippen LogP contribution in [0.5, 0.6) is 5.75 Å². The van der Waals surface area contributed by atoms with Crippen LogP contribution in [0.1, 0.15) is 33.9 Å². The van der Waals surface area contributed by atoms with Crippen molar-refractivity contribution in [1.29, 1.82) is 0 Å². The van der Waals surface area contributed by atoms with Crippen LogP contribution in [-0.2, 0) is 6.42 Å². The lowest BCUT2D eigenvalue weighted by atomic mass is 10.0. The minimum Gasteiger partial charge on any atom is -0.508 e. The van der Waals surface area contributed by atoms with Gasteiger partial charge in [0.25, 0.3) is 0 Å². The summed E-state index contributed by atoms with van der Waals surface area (Å²) in [5, 5.41) is 10.3. The zero-order valence-corrected chi connectivity index (χ0v) is 17.2. The van der Waals surface area contributed by atoms with E-state index in [1.165, 1.54) is 0 Å². The molecule has 0 aliphatic carbocycles. The molecule has 0 unspecified atom stereocenters. The Morgan fingerprint density at radius 1 is 0.594 bits per heavy atom. The number of hydrogen-bond acceptors (Lipinski definition) is 3. The first-order valence-electron chi connectivity index (χ1n) is 10.5. The molecular formula is C27H20N4O. The van der Waals surface area contributed by atoms with Gasteiger partial charge < -0.3 is 15.1 Å². The lowest BCUT2D eigenvalue weighted by molar-refractivity contribution is 0.469. The van der Waals surface area contributed by atoms with Gasteiger partial charge in [-0.25, -0.2) is 9.97 Å². The summed E-state index contributed by atoms with van der Waals surface area (Å²) in [6.45, 7) is 0. The maximum atomic E-state index is 10.3. The molecule has 3 aromatic heterocycles. The predicted molar refractivity (Wildman–Crippen MR) is 130 cm³/mol. The molecule has 8 bridgehead atoms. The Morgan fingerprint density at radius 2 is 1.25 bits per heavy atom. The Kier molecular flexibility index (Phi) is 4.25. The second-order valence-corrected chi connectivity index (χ2v) is 8.01. The Hall–Kier alpha value is -4.38. The van der Waals surface area contributed by atoms with Crippen LogP contribution >= 0.6 is 0 Å². The van der Waals surface area contributed by atoms with E-state index in [0.717, 1.165) is 56.0 Å². The summed E-state index contributed by atoms with van der Waals surface area (Å²) in [5.41, 5.74) is 9.46. The number of benzene rings is 1. The first-order valence-corrected chi connectivity index (χ1v) is 10.5. The van der Waals surface area contributed by atoms with Crippen LogP contribution in [0.3, 0.4) is 0 Å². The molecule has 0 radical (unpaired) electrons. The van der Waals surface area contributed by atoms with E-state index in [1.807, 2.05) is 66.8 Å². The maximum Gasteiger partial charge on any atom is 0.119 e. The highest BCUT2D eigenvalue weighted by Gasteiger charge is 2.08. The van der Waals surface area contributed by atoms with E-state index in [9.17, 15) is 5.11 Å². The molecule has 154 valence electrons. The van der Waals surface area contributed by atoms with Gasteiger partial charge in [-0.15, -0.1) is 0 Å². The summed E-state index contributed by atoms with van der Waals surface area (Å²) >= 11 is 0. The van der Waals surface area contributed by atoms with Gasteiger partial charge in [-0.3, -0.25) is 0 Å². The lowest BCUT2D eigenvalue weighted by Gasteiger charge is -2.02. The van der Waals surface area contributed by atoms with Crippen LogP contribution in [0.25, 0.3) is 46.4 Å². The maximum absolute atomic E-state index is 10.3. The van der Waals surface area contributed by atoms with Crippen LogP contribution in [0.15, 0.2) is 66.7 Å². The van der Waals surface area contributed by atoms with Crippen LogP contribution in [0, 0.1) is 0 Å². The van der Waals surface area contributed by atoms with Crippen molar-refractivity contribution in [2.75, 3.05) is 0 Å². The third kappa shape index (κ3) is 3.61. The fraction of sp³-hybridized carbons (Fsp3) is 0.0370. The Balaban J connectivity index is 1.60. The number of nitrogens with one attached hydrogen (secondary N) is 2. The first-order chi connectivity index (χ1) is 15.7. The van der Waals surface area contributed by atoms with Crippen molar-refractivity contribution in [2.45, 2.75) is 6.42 Å². The van der Waals surface area contributed by atoms with Crippen molar-refractivity contribution in [1.82, 2.24) is 19.9 Å². The average Bonchev–Trinajstić information content (AvgIpc) is 3.56. The summed E-state index contributed by atoms with van der Waals surface area (Å²) in [5.74, 6) is 0.304. The minimum absolute atomic E-state index is 0.304. The summed E-state index contributed by atoms with van der Waals surface area (Å²) in [6, 6.07) is 21.8. The molecule has 0 atom stereocenters. The molecule has 3 N–H and O–H groups in total. The molecule has 0 fully saturated rings. The quantitative estimate of drug-likeness (QED) is 0.326. The molecule has 0 saturated heterocycles. The van der Waals surface area contributed by atoms with Gasteiger partial charge in [0.2, 0.25) is 0 Å². The van der Waals surface area contributed by atoms with E-state index >= 15 is 0 Å². The van der Waals surface area contributed by atoms with E-state index in [0.29, 0.717) is 12.2 Å². The van der Waals surface area contributed by atoms with Gasteiger partial charge in [-0.2, -0.15) is 0 Å². The molecule has 0 saturated carbocycles. The molecule has 5 heterocycles. The Bertz CT molecular complexity index is 1570. The van der Waals surface area contributed by atoms with Crippen LogP contribution in [0.2, 0.25) is 0 Å². The third-order valence-corrected chi connectivity index (χ3v) is 5.63. The van der Waals surface area contributed by atoms with Crippen molar-refractivity contribution in [3.63, 3.8) is 0 Å². The van der Waals surface area contributed by atoms with Crippen molar-refractivity contribution >= 4 is 46.4 Å². The van der Waals surface area contributed by atoms with Gasteiger partial charge in [-0.05, 0) is 84.0 Å². The van der Waals surface area contributed by atoms with Crippen LogP contribution in [-0.4, -0.2) is 25.0 Å². The van der Waals surface area contributed by atoms with Gasteiger partial charge in [0, 0.05) is 28.5 Å². The number of hydrogen-bond donors (Lipinski definition) is 3. The summed E-state index contributed by atoms with van der Waals surface area (Å²) in [7, 11) is 0. The largest absolute Gasteiger partial charge is 0.508 e. The smallest absolute Gasteiger partial charge is 0.119 e. The standard InChI is InChI=1S/C27H20N4O/c32-27-4-2-1-3-17(27)11-18-12-25-15-23-8-7-21(29-23)13-19-5-6-20(28-19)14-22-9-10-24(30-22)16-26(18)31-25/h1-10,12-16,29,31-32H,11H2. The zero-order chi connectivity index (χ0) is 21.5. The van der Waals surface area contributed by atoms with E-state index < -0.39 is 0 Å². The Morgan fingerprint density at radius 3 is 2.00 bits per heavy atom. The number of fused-ring (bicyclic) bond motifs is 8. The van der Waals surface area contributed by atoms with Crippen molar-refractivity contribution < 1.29 is 5.11 Å². The first kappa shape index (κ1) is 18.4. The van der Waals surface area contributed by atoms with E-state index in [1.54, 1.807) is 6.07 Å².